The van der Waals surface area contributed by atoms with Gasteiger partial charge in [0.25, 0.3) is 5.89 Å². The highest BCUT2D eigenvalue weighted by Crippen LogP contribution is 2.48. The van der Waals surface area contributed by atoms with Crippen LogP contribution in [0.5, 0.6) is 11.5 Å². The van der Waals surface area contributed by atoms with Crippen molar-refractivity contribution in [1.29, 1.82) is 0 Å². The predicted molar refractivity (Wildman–Crippen MR) is 126 cm³/mol. The Morgan fingerprint density at radius 3 is 2.78 bits per heavy atom. The lowest BCUT2D eigenvalue weighted by Crippen LogP contribution is -2.32. The number of likely N-dealkylation sites (tertiary alicyclic amines) is 1. The number of hydrogen-bond acceptors (Lipinski definition) is 7. The van der Waals surface area contributed by atoms with Gasteiger partial charge < -0.3 is 24.0 Å². The second-order valence-electron chi connectivity index (χ2n) is 9.46. The molecule has 2 heterocycles. The Balaban J connectivity index is 1.46. The zero-order valence-electron chi connectivity index (χ0n) is 20.0. The number of alkyl halides is 2. The standard InChI is InChI=1S/C26H27F2N3O5/c1-15(2)34-20-7-6-16(12-21(20)35-25(27)28)24-29-23(30-36-24)18-4-3-5-19-17(18)8-9-26(19)13-22(33)31(14-26)10-11-32/h3-7,12,15,25,32H,8-11,13-14H2,1-2H3. The second-order valence-corrected chi connectivity index (χ2v) is 9.46. The number of hydrogen-bond donors (Lipinski definition) is 1. The molecule has 1 saturated heterocycles. The van der Waals surface area contributed by atoms with Gasteiger partial charge in [-0.2, -0.15) is 13.8 Å². The van der Waals surface area contributed by atoms with Crippen LogP contribution >= 0.6 is 0 Å². The normalized spacial score (nSPS) is 19.1. The Hall–Kier alpha value is -3.53. The molecule has 1 fully saturated rings. The van der Waals surface area contributed by atoms with E-state index in [1.165, 1.54) is 12.1 Å². The lowest BCUT2D eigenvalue weighted by molar-refractivity contribution is -0.128. The lowest BCUT2D eigenvalue weighted by atomic mass is 9.80. The third kappa shape index (κ3) is 4.41. The van der Waals surface area contributed by atoms with Gasteiger partial charge in [-0.1, -0.05) is 23.4 Å². The van der Waals surface area contributed by atoms with E-state index < -0.39 is 6.61 Å². The summed E-state index contributed by atoms with van der Waals surface area (Å²) in [7, 11) is 0. The van der Waals surface area contributed by atoms with Crippen molar-refractivity contribution in [2.24, 2.45) is 0 Å². The first-order valence-corrected chi connectivity index (χ1v) is 11.9. The highest BCUT2D eigenvalue weighted by Gasteiger charge is 2.48. The van der Waals surface area contributed by atoms with Crippen LogP contribution in [-0.4, -0.2) is 58.5 Å². The highest BCUT2D eigenvalue weighted by atomic mass is 19.3. The molecule has 3 aromatic rings. The molecule has 1 aliphatic carbocycles. The van der Waals surface area contributed by atoms with Crippen LogP contribution in [-0.2, 0) is 16.6 Å². The lowest BCUT2D eigenvalue weighted by Gasteiger charge is -2.24. The first-order valence-electron chi connectivity index (χ1n) is 11.9. The number of halogens is 2. The van der Waals surface area contributed by atoms with Crippen molar-refractivity contribution in [2.45, 2.75) is 51.2 Å². The summed E-state index contributed by atoms with van der Waals surface area (Å²) >= 11 is 0. The van der Waals surface area contributed by atoms with Gasteiger partial charge in [-0.15, -0.1) is 0 Å². The van der Waals surface area contributed by atoms with Crippen LogP contribution in [0.1, 0.15) is 37.8 Å². The SMILES string of the molecule is CC(C)Oc1ccc(-c2nc(-c3cccc4c3CCC43CC(=O)N(CCO)C3)no2)cc1OC(F)F. The van der Waals surface area contributed by atoms with E-state index in [1.807, 2.05) is 18.2 Å². The Morgan fingerprint density at radius 2 is 2.03 bits per heavy atom. The number of rotatable bonds is 8. The van der Waals surface area contributed by atoms with E-state index in [0.29, 0.717) is 30.9 Å². The maximum absolute atomic E-state index is 13.0. The number of amides is 1. The average molecular weight is 500 g/mol. The Morgan fingerprint density at radius 1 is 1.19 bits per heavy atom. The molecular formula is C26H27F2N3O5. The van der Waals surface area contributed by atoms with Gasteiger partial charge in [-0.05, 0) is 56.0 Å². The maximum atomic E-state index is 13.0. The molecule has 1 aliphatic heterocycles. The minimum Gasteiger partial charge on any atom is -0.487 e. The minimum atomic E-state index is -3.01. The van der Waals surface area contributed by atoms with Crippen LogP contribution in [0.25, 0.3) is 22.8 Å². The van der Waals surface area contributed by atoms with Crippen molar-refractivity contribution in [3.05, 3.63) is 47.5 Å². The van der Waals surface area contributed by atoms with Crippen LogP contribution < -0.4 is 9.47 Å². The van der Waals surface area contributed by atoms with Crippen LogP contribution in [0.15, 0.2) is 40.9 Å². The summed E-state index contributed by atoms with van der Waals surface area (Å²) in [4.78, 5) is 18.8. The number of aliphatic hydroxyl groups is 1. The van der Waals surface area contributed by atoms with Gasteiger partial charge >= 0.3 is 6.61 Å². The predicted octanol–water partition coefficient (Wildman–Crippen LogP) is 4.20. The van der Waals surface area contributed by atoms with Crippen LogP contribution in [0.3, 0.4) is 0 Å². The van der Waals surface area contributed by atoms with Gasteiger partial charge in [0, 0.05) is 36.1 Å². The first kappa shape index (κ1) is 24.2. The van der Waals surface area contributed by atoms with Crippen molar-refractivity contribution in [1.82, 2.24) is 15.0 Å². The Bertz CT molecular complexity index is 1280. The summed E-state index contributed by atoms with van der Waals surface area (Å²) < 4.78 is 41.7. The third-order valence-electron chi connectivity index (χ3n) is 6.74. The van der Waals surface area contributed by atoms with E-state index in [4.69, 9.17) is 9.26 Å². The largest absolute Gasteiger partial charge is 0.487 e. The molecule has 8 nitrogen and oxygen atoms in total. The number of fused-ring (bicyclic) bond motifs is 2. The van der Waals surface area contributed by atoms with E-state index in [0.717, 1.165) is 29.5 Å². The molecule has 1 N–H and O–H groups in total. The molecule has 5 rings (SSSR count). The molecule has 10 heteroatoms. The Labute approximate surface area is 206 Å². The average Bonchev–Trinajstić information content (AvgIpc) is 3.53. The molecular weight excluding hydrogens is 472 g/mol. The molecule has 1 atom stereocenters. The summed E-state index contributed by atoms with van der Waals surface area (Å²) in [6, 6.07) is 10.5. The molecule has 1 amide bonds. The van der Waals surface area contributed by atoms with Gasteiger partial charge in [-0.3, -0.25) is 4.79 Å². The molecule has 190 valence electrons. The fourth-order valence-electron chi connectivity index (χ4n) is 5.28. The van der Waals surface area contributed by atoms with Gasteiger partial charge in [0.05, 0.1) is 12.7 Å². The number of aromatic nitrogens is 2. The topological polar surface area (TPSA) is 97.9 Å². The Kier molecular flexibility index (Phi) is 6.38. The molecule has 2 aliphatic rings. The van der Waals surface area contributed by atoms with Crippen molar-refractivity contribution in [3.63, 3.8) is 0 Å². The molecule has 1 aromatic heterocycles. The van der Waals surface area contributed by atoms with E-state index in [1.54, 1.807) is 24.8 Å². The molecule has 1 unspecified atom stereocenters. The molecule has 0 saturated carbocycles. The van der Waals surface area contributed by atoms with Crippen LogP contribution in [0, 0.1) is 0 Å². The monoisotopic (exact) mass is 499 g/mol. The van der Waals surface area contributed by atoms with Gasteiger partial charge in [-0.25, -0.2) is 0 Å². The number of carbonyl (C=O) groups is 1. The van der Waals surface area contributed by atoms with E-state index in [9.17, 15) is 18.7 Å². The van der Waals surface area contributed by atoms with E-state index in [2.05, 4.69) is 14.9 Å². The quantitative estimate of drug-likeness (QED) is 0.496. The summed E-state index contributed by atoms with van der Waals surface area (Å²) in [5, 5.41) is 13.5. The summed E-state index contributed by atoms with van der Waals surface area (Å²) in [6.07, 6.45) is 1.78. The number of benzene rings is 2. The summed E-state index contributed by atoms with van der Waals surface area (Å²) in [5.41, 5.74) is 3.13. The molecule has 0 bridgehead atoms. The smallest absolute Gasteiger partial charge is 0.387 e. The van der Waals surface area contributed by atoms with Gasteiger partial charge in [0.15, 0.2) is 11.5 Å². The number of carbonyl (C=O) groups excluding carboxylic acids is 1. The van der Waals surface area contributed by atoms with Gasteiger partial charge in [0.2, 0.25) is 11.7 Å². The second kappa shape index (κ2) is 9.50. The van der Waals surface area contributed by atoms with Crippen molar-refractivity contribution >= 4 is 5.91 Å². The zero-order chi connectivity index (χ0) is 25.4. The van der Waals surface area contributed by atoms with Crippen LogP contribution in [0.4, 0.5) is 8.78 Å². The fourth-order valence-corrected chi connectivity index (χ4v) is 5.28. The molecule has 2 aromatic carbocycles. The van der Waals surface area contributed by atoms with Crippen LogP contribution in [0.2, 0.25) is 0 Å². The van der Waals surface area contributed by atoms with Crippen molar-refractivity contribution < 1.29 is 32.7 Å². The first-order chi connectivity index (χ1) is 17.3. The number of ether oxygens (including phenoxy) is 2. The molecule has 0 radical (unpaired) electrons. The summed E-state index contributed by atoms with van der Waals surface area (Å²) in [6.45, 7) is 1.43. The fraction of sp³-hybridized carbons (Fsp3) is 0.423. The van der Waals surface area contributed by atoms with E-state index >= 15 is 0 Å². The zero-order valence-corrected chi connectivity index (χ0v) is 20.0. The number of nitrogens with zero attached hydrogens (tertiary/aromatic N) is 3. The number of β-amino-alcohol motifs (C(OH)–C–C–N with tert-alkyl or cyclic N) is 1. The third-order valence-corrected chi connectivity index (χ3v) is 6.74. The molecule has 36 heavy (non-hydrogen) atoms. The maximum Gasteiger partial charge on any atom is 0.387 e. The highest BCUT2D eigenvalue weighted by molar-refractivity contribution is 5.82. The molecule has 1 spiro atoms. The minimum absolute atomic E-state index is 0.0517. The summed E-state index contributed by atoms with van der Waals surface area (Å²) in [5.74, 6) is 0.680. The van der Waals surface area contributed by atoms with E-state index in [-0.39, 0.29) is 41.4 Å². The number of aliphatic hydroxyl groups excluding tert-OH is 1. The van der Waals surface area contributed by atoms with Crippen molar-refractivity contribution in [2.75, 3.05) is 19.7 Å². The van der Waals surface area contributed by atoms with Crippen molar-refractivity contribution in [3.8, 4) is 34.3 Å². The van der Waals surface area contributed by atoms with Gasteiger partial charge in [0.1, 0.15) is 0 Å².